The van der Waals surface area contributed by atoms with Gasteiger partial charge >= 0.3 is 7.60 Å². The van der Waals surface area contributed by atoms with Crippen LogP contribution in [0.1, 0.15) is 47.0 Å². The Kier molecular flexibility index (Phi) is 5.18. The van der Waals surface area contributed by atoms with Gasteiger partial charge in [-0.25, -0.2) is 0 Å². The number of carbonyl (C=O) groups is 1. The summed E-state index contributed by atoms with van der Waals surface area (Å²) in [6, 6.07) is 0. The van der Waals surface area contributed by atoms with E-state index < -0.39 is 12.8 Å². The molecule has 0 fully saturated rings. The average Bonchev–Trinajstić information content (AvgIpc) is 2.10. The first-order chi connectivity index (χ1) is 6.64. The highest BCUT2D eigenvalue weighted by molar-refractivity contribution is 7.54. The fourth-order valence-electron chi connectivity index (χ4n) is 1.39. The maximum absolute atomic E-state index is 11.8. The van der Waals surface area contributed by atoms with Gasteiger partial charge in [0, 0.05) is 5.92 Å². The van der Waals surface area contributed by atoms with Gasteiger partial charge in [0.2, 0.25) is 0 Å². The maximum atomic E-state index is 11.8. The number of carbonyl (C=O) groups excluding carboxylic acids is 1. The molecule has 0 saturated heterocycles. The summed E-state index contributed by atoms with van der Waals surface area (Å²) in [7, 11) is -4.36. The molecule has 0 aliphatic carbocycles. The summed E-state index contributed by atoms with van der Waals surface area (Å²) in [6.07, 6.45) is 2.58. The zero-order valence-electron chi connectivity index (χ0n) is 9.86. The summed E-state index contributed by atoms with van der Waals surface area (Å²) in [6.45, 7) is 6.39. The Morgan fingerprint density at radius 2 is 1.87 bits per heavy atom. The molecule has 0 aromatic carbocycles. The molecule has 0 aromatic heterocycles. The van der Waals surface area contributed by atoms with Crippen LogP contribution in [0.25, 0.3) is 0 Å². The average molecular weight is 236 g/mol. The second-order valence-corrected chi connectivity index (χ2v) is 6.72. The van der Waals surface area contributed by atoms with Crippen LogP contribution >= 0.6 is 7.60 Å². The molecule has 0 spiro atoms. The zero-order chi connectivity index (χ0) is 12.3. The van der Waals surface area contributed by atoms with E-state index in [1.54, 1.807) is 6.92 Å². The molecular weight excluding hydrogens is 215 g/mol. The Balaban J connectivity index is 4.63. The summed E-state index contributed by atoms with van der Waals surface area (Å²) in [5.74, 6) is -0.628. The first-order valence-corrected chi connectivity index (χ1v) is 6.85. The van der Waals surface area contributed by atoms with Crippen molar-refractivity contribution in [3.63, 3.8) is 0 Å². The van der Waals surface area contributed by atoms with Crippen molar-refractivity contribution in [2.24, 2.45) is 5.92 Å². The number of Topliss-reactive ketones (excluding diaryl/α,β-unsaturated/α-hetero) is 1. The van der Waals surface area contributed by atoms with Crippen molar-refractivity contribution >= 4 is 13.4 Å². The van der Waals surface area contributed by atoms with Gasteiger partial charge in [0.05, 0.1) is 0 Å². The van der Waals surface area contributed by atoms with Crippen LogP contribution in [0.5, 0.6) is 0 Å². The fraction of sp³-hybridized carbons (Fsp3) is 0.900. The number of unbranched alkanes of at least 4 members (excludes halogenated alkanes) is 1. The molecule has 0 aliphatic rings. The Morgan fingerprint density at radius 1 is 1.40 bits per heavy atom. The van der Waals surface area contributed by atoms with Gasteiger partial charge in [-0.1, -0.05) is 26.7 Å². The van der Waals surface area contributed by atoms with E-state index >= 15 is 0 Å². The lowest BCUT2D eigenvalue weighted by Crippen LogP contribution is -2.36. The van der Waals surface area contributed by atoms with Crippen molar-refractivity contribution in [1.82, 2.24) is 0 Å². The second kappa shape index (κ2) is 5.24. The predicted octanol–water partition coefficient (Wildman–Crippen LogP) is 2.34. The molecule has 0 bridgehead atoms. The summed E-state index contributed by atoms with van der Waals surface area (Å²) in [4.78, 5) is 30.0. The molecule has 0 aromatic rings. The molecule has 0 radical (unpaired) electrons. The first kappa shape index (κ1) is 14.8. The third-order valence-corrected chi connectivity index (χ3v) is 4.45. The topological polar surface area (TPSA) is 74.6 Å². The van der Waals surface area contributed by atoms with Gasteiger partial charge in [-0.3, -0.25) is 9.36 Å². The Hall–Kier alpha value is -0.180. The van der Waals surface area contributed by atoms with Crippen LogP contribution in [0.4, 0.5) is 0 Å². The minimum atomic E-state index is -4.36. The van der Waals surface area contributed by atoms with Crippen molar-refractivity contribution in [2.75, 3.05) is 0 Å². The van der Waals surface area contributed by atoms with Gasteiger partial charge in [-0.2, -0.15) is 0 Å². The maximum Gasteiger partial charge on any atom is 0.338 e. The SMILES string of the molecule is CCCCC(C)C(=O)C(C)(C)P(=O)(O)O. The molecule has 2 N–H and O–H groups in total. The Morgan fingerprint density at radius 3 is 2.20 bits per heavy atom. The molecule has 15 heavy (non-hydrogen) atoms. The van der Waals surface area contributed by atoms with E-state index in [-0.39, 0.29) is 11.7 Å². The van der Waals surface area contributed by atoms with Crippen LogP contribution in [0.2, 0.25) is 0 Å². The highest BCUT2D eigenvalue weighted by Crippen LogP contribution is 2.51. The van der Waals surface area contributed by atoms with E-state index in [0.717, 1.165) is 12.8 Å². The van der Waals surface area contributed by atoms with Crippen molar-refractivity contribution < 1.29 is 19.1 Å². The highest BCUT2D eigenvalue weighted by Gasteiger charge is 2.45. The largest absolute Gasteiger partial charge is 0.338 e. The molecule has 1 atom stereocenters. The Labute approximate surface area is 91.2 Å². The third-order valence-electron chi connectivity index (χ3n) is 2.77. The molecule has 0 amide bonds. The van der Waals surface area contributed by atoms with Crippen molar-refractivity contribution in [3.8, 4) is 0 Å². The Bertz CT molecular complexity index is 267. The number of hydrogen-bond acceptors (Lipinski definition) is 2. The van der Waals surface area contributed by atoms with E-state index in [9.17, 15) is 9.36 Å². The molecule has 0 aliphatic heterocycles. The minimum Gasteiger partial charge on any atom is -0.324 e. The summed E-state index contributed by atoms with van der Waals surface area (Å²) >= 11 is 0. The van der Waals surface area contributed by atoms with E-state index in [1.807, 2.05) is 6.92 Å². The molecule has 0 saturated carbocycles. The third kappa shape index (κ3) is 3.71. The van der Waals surface area contributed by atoms with Gasteiger partial charge < -0.3 is 9.79 Å². The normalized spacial score (nSPS) is 15.1. The standard InChI is InChI=1S/C10H21O4P/c1-5-6-7-8(2)9(11)10(3,4)15(12,13)14/h8H,5-7H2,1-4H3,(H2,12,13,14). The van der Waals surface area contributed by atoms with E-state index in [0.29, 0.717) is 6.42 Å². The van der Waals surface area contributed by atoms with Crippen LogP contribution in [0.15, 0.2) is 0 Å². The number of hydrogen-bond donors (Lipinski definition) is 2. The van der Waals surface area contributed by atoms with Gasteiger partial charge in [-0.15, -0.1) is 0 Å². The zero-order valence-corrected chi connectivity index (χ0v) is 10.8. The fourth-order valence-corrected chi connectivity index (χ4v) is 1.90. The van der Waals surface area contributed by atoms with E-state index in [4.69, 9.17) is 9.79 Å². The minimum absolute atomic E-state index is 0.285. The van der Waals surface area contributed by atoms with Crippen LogP contribution in [0.3, 0.4) is 0 Å². The smallest absolute Gasteiger partial charge is 0.324 e. The number of rotatable bonds is 6. The lowest BCUT2D eigenvalue weighted by molar-refractivity contribution is -0.124. The highest BCUT2D eigenvalue weighted by atomic mass is 31.2. The summed E-state index contributed by atoms with van der Waals surface area (Å²) in [5, 5.41) is -1.56. The molecule has 4 nitrogen and oxygen atoms in total. The van der Waals surface area contributed by atoms with Gasteiger partial charge in [0.1, 0.15) is 5.16 Å². The second-order valence-electron chi connectivity index (χ2n) is 4.51. The molecule has 90 valence electrons. The van der Waals surface area contributed by atoms with Crippen LogP contribution < -0.4 is 0 Å². The molecule has 0 rings (SSSR count). The molecule has 1 unspecified atom stereocenters. The monoisotopic (exact) mass is 236 g/mol. The number of ketones is 1. The van der Waals surface area contributed by atoms with Crippen molar-refractivity contribution in [1.29, 1.82) is 0 Å². The van der Waals surface area contributed by atoms with Gasteiger partial charge in [-0.05, 0) is 20.3 Å². The van der Waals surface area contributed by atoms with E-state index in [1.165, 1.54) is 13.8 Å². The molecule has 5 heteroatoms. The quantitative estimate of drug-likeness (QED) is 0.694. The van der Waals surface area contributed by atoms with Crippen molar-refractivity contribution in [3.05, 3.63) is 0 Å². The van der Waals surface area contributed by atoms with Crippen molar-refractivity contribution in [2.45, 2.75) is 52.1 Å². The van der Waals surface area contributed by atoms with Crippen LogP contribution in [-0.4, -0.2) is 20.7 Å². The van der Waals surface area contributed by atoms with Crippen LogP contribution in [-0.2, 0) is 9.36 Å². The lowest BCUT2D eigenvalue weighted by atomic mass is 9.92. The summed E-state index contributed by atoms with van der Waals surface area (Å²) in [5.41, 5.74) is 0. The first-order valence-electron chi connectivity index (χ1n) is 5.24. The summed E-state index contributed by atoms with van der Waals surface area (Å²) < 4.78 is 11.1. The van der Waals surface area contributed by atoms with Crippen LogP contribution in [0, 0.1) is 5.92 Å². The predicted molar refractivity (Wildman–Crippen MR) is 59.8 cm³/mol. The van der Waals surface area contributed by atoms with Gasteiger partial charge in [0.25, 0.3) is 0 Å². The van der Waals surface area contributed by atoms with E-state index in [2.05, 4.69) is 0 Å². The molecular formula is C10H21O4P. The molecule has 0 heterocycles. The van der Waals surface area contributed by atoms with Gasteiger partial charge in [0.15, 0.2) is 5.78 Å². The lowest BCUT2D eigenvalue weighted by Gasteiger charge is -2.27.